The second kappa shape index (κ2) is 13.9. The molecule has 200 valence electrons. The van der Waals surface area contributed by atoms with E-state index >= 15 is 0 Å². The minimum Gasteiger partial charge on any atom is -0.252 e. The standard InChI is InChI=1S/C30H42N8/c1-2-4-6-8-10-18-38-26-30(32-34-38)16-24-36-21-13-28(14-22-36)27-11-19-35(20-12-27)23-15-29-25-37(33-31-29)17-9-7-5-3-1/h11-14,19-22,25-26H,1-10,15-18,23-24H2/q+2. The topological polar surface area (TPSA) is 69.2 Å². The number of nitrogens with zero attached hydrogens (tertiary/aromatic N) is 8. The van der Waals surface area contributed by atoms with Gasteiger partial charge in [0.05, 0.1) is 24.2 Å². The third kappa shape index (κ3) is 8.04. The van der Waals surface area contributed by atoms with Crippen LogP contribution in [-0.2, 0) is 39.0 Å². The summed E-state index contributed by atoms with van der Waals surface area (Å²) in [6.07, 6.45) is 27.6. The van der Waals surface area contributed by atoms with Crippen molar-refractivity contribution in [2.24, 2.45) is 0 Å². The van der Waals surface area contributed by atoms with Gasteiger partial charge in [0.2, 0.25) is 0 Å². The Labute approximate surface area is 226 Å². The number of fused-ring (bicyclic) bond motifs is 2. The Morgan fingerprint density at radius 1 is 0.500 bits per heavy atom. The summed E-state index contributed by atoms with van der Waals surface area (Å²) >= 11 is 0. The van der Waals surface area contributed by atoms with E-state index in [0.29, 0.717) is 0 Å². The van der Waals surface area contributed by atoms with Gasteiger partial charge in [-0.3, -0.25) is 9.36 Å². The summed E-state index contributed by atoms with van der Waals surface area (Å²) in [6, 6.07) is 8.75. The molecule has 7 heterocycles. The molecule has 3 aliphatic heterocycles. The first-order valence-corrected chi connectivity index (χ1v) is 14.6. The maximum absolute atomic E-state index is 4.39. The van der Waals surface area contributed by atoms with Crippen molar-refractivity contribution in [2.45, 2.75) is 103 Å². The Balaban J connectivity index is 1.19. The van der Waals surface area contributed by atoms with E-state index in [1.54, 1.807) is 0 Å². The molecule has 0 saturated carbocycles. The van der Waals surface area contributed by atoms with Crippen molar-refractivity contribution in [1.29, 1.82) is 0 Å². The summed E-state index contributed by atoms with van der Waals surface area (Å²) in [4.78, 5) is 0. The van der Waals surface area contributed by atoms with E-state index in [-0.39, 0.29) is 0 Å². The quantitative estimate of drug-likeness (QED) is 0.324. The van der Waals surface area contributed by atoms with Crippen LogP contribution in [0.5, 0.6) is 0 Å². The average molecular weight is 515 g/mol. The van der Waals surface area contributed by atoms with Crippen molar-refractivity contribution in [2.75, 3.05) is 0 Å². The molecule has 0 atom stereocenters. The molecule has 38 heavy (non-hydrogen) atoms. The van der Waals surface area contributed by atoms with Gasteiger partial charge in [-0.25, -0.2) is 9.13 Å². The van der Waals surface area contributed by atoms with Gasteiger partial charge in [0.1, 0.15) is 0 Å². The van der Waals surface area contributed by atoms with Gasteiger partial charge in [0.15, 0.2) is 37.9 Å². The van der Waals surface area contributed by atoms with Crippen molar-refractivity contribution < 1.29 is 9.13 Å². The summed E-state index contributed by atoms with van der Waals surface area (Å²) in [5.41, 5.74) is 4.58. The fourth-order valence-electron chi connectivity index (χ4n) is 5.17. The lowest BCUT2D eigenvalue weighted by Crippen LogP contribution is -2.34. The highest BCUT2D eigenvalue weighted by atomic mass is 15.4. The molecule has 0 fully saturated rings. The second-order valence-corrected chi connectivity index (χ2v) is 10.6. The van der Waals surface area contributed by atoms with Crippen molar-refractivity contribution in [3.63, 3.8) is 0 Å². The minimum atomic E-state index is 0.892. The molecule has 8 heteroatoms. The third-order valence-electron chi connectivity index (χ3n) is 7.56. The number of pyridine rings is 2. The Morgan fingerprint density at radius 2 is 0.868 bits per heavy atom. The van der Waals surface area contributed by atoms with Crippen LogP contribution in [0.1, 0.15) is 75.6 Å². The molecule has 0 radical (unpaired) electrons. The predicted octanol–water partition coefficient (Wildman–Crippen LogP) is 4.51. The molecule has 0 amide bonds. The number of hydrogen-bond acceptors (Lipinski definition) is 4. The largest absolute Gasteiger partial charge is 0.252 e. The Hall–Kier alpha value is -3.42. The maximum atomic E-state index is 4.39. The molecule has 4 aromatic heterocycles. The fraction of sp³-hybridized carbons (Fsp3) is 0.533. The van der Waals surface area contributed by atoms with E-state index in [2.05, 4.69) is 91.2 Å². The number of aromatic nitrogens is 8. The van der Waals surface area contributed by atoms with Crippen LogP contribution in [0.4, 0.5) is 0 Å². The van der Waals surface area contributed by atoms with Gasteiger partial charge in [0.25, 0.3) is 0 Å². The van der Waals surface area contributed by atoms with Crippen molar-refractivity contribution in [3.8, 4) is 11.1 Å². The highest BCUT2D eigenvalue weighted by Gasteiger charge is 2.09. The first-order chi connectivity index (χ1) is 18.8. The second-order valence-electron chi connectivity index (χ2n) is 10.6. The lowest BCUT2D eigenvalue weighted by molar-refractivity contribution is -0.696. The van der Waals surface area contributed by atoms with Crippen LogP contribution in [-0.4, -0.2) is 30.0 Å². The summed E-state index contributed by atoms with van der Waals surface area (Å²) in [5, 5.41) is 17.5. The molecule has 0 N–H and O–H groups in total. The molecule has 0 unspecified atom stereocenters. The zero-order valence-corrected chi connectivity index (χ0v) is 22.7. The van der Waals surface area contributed by atoms with Crippen molar-refractivity contribution >= 4 is 0 Å². The number of hydrogen-bond donors (Lipinski definition) is 0. The number of aryl methyl sites for hydroxylation is 6. The van der Waals surface area contributed by atoms with Crippen molar-refractivity contribution in [1.82, 2.24) is 30.0 Å². The minimum absolute atomic E-state index is 0.892. The SMILES string of the molecule is c1c[n+]2ccc1-c1cc[n+](cc1)CCc1cn(nn1)CCCCCCCCCCCCn1cc(nn1)CC2. The summed E-state index contributed by atoms with van der Waals surface area (Å²) in [6.45, 7) is 3.75. The molecule has 0 saturated heterocycles. The Kier molecular flexibility index (Phi) is 9.61. The van der Waals surface area contributed by atoms with Crippen molar-refractivity contribution in [3.05, 3.63) is 72.8 Å². The molecule has 0 aliphatic carbocycles. The fourth-order valence-corrected chi connectivity index (χ4v) is 5.17. The molecule has 4 aromatic rings. The van der Waals surface area contributed by atoms with E-state index in [1.165, 1.54) is 75.3 Å². The molecule has 0 aromatic carbocycles. The highest BCUT2D eigenvalue weighted by molar-refractivity contribution is 5.60. The first kappa shape index (κ1) is 26.2. The van der Waals surface area contributed by atoms with E-state index in [9.17, 15) is 0 Å². The van der Waals surface area contributed by atoms with Crippen LogP contribution >= 0.6 is 0 Å². The molecule has 3 aliphatic rings. The van der Waals surface area contributed by atoms with Crippen LogP contribution in [0, 0.1) is 0 Å². The van der Waals surface area contributed by atoms with Crippen LogP contribution in [0.25, 0.3) is 11.1 Å². The molecule has 0 spiro atoms. The van der Waals surface area contributed by atoms with Gasteiger partial charge in [-0.05, 0) is 24.0 Å². The lowest BCUT2D eigenvalue weighted by atomic mass is 10.1. The normalized spacial score (nSPS) is 16.8. The van der Waals surface area contributed by atoms with Crippen LogP contribution in [0.3, 0.4) is 0 Å². The summed E-state index contributed by atoms with van der Waals surface area (Å²) in [7, 11) is 0. The van der Waals surface area contributed by atoms with Crippen LogP contribution in [0.15, 0.2) is 61.4 Å². The summed E-state index contributed by atoms with van der Waals surface area (Å²) < 4.78 is 8.48. The third-order valence-corrected chi connectivity index (χ3v) is 7.56. The van der Waals surface area contributed by atoms with E-state index in [4.69, 9.17) is 0 Å². The van der Waals surface area contributed by atoms with Crippen LogP contribution in [0.2, 0.25) is 0 Å². The predicted molar refractivity (Wildman–Crippen MR) is 146 cm³/mol. The van der Waals surface area contributed by atoms with Gasteiger partial charge in [-0.1, -0.05) is 61.8 Å². The zero-order chi connectivity index (χ0) is 25.8. The summed E-state index contributed by atoms with van der Waals surface area (Å²) in [5.74, 6) is 0. The monoisotopic (exact) mass is 514 g/mol. The number of rotatable bonds is 0. The Morgan fingerprint density at radius 3 is 1.26 bits per heavy atom. The van der Waals surface area contributed by atoms with E-state index < -0.39 is 0 Å². The molecule has 8 bridgehead atoms. The van der Waals surface area contributed by atoms with Gasteiger partial charge in [-0.15, -0.1) is 10.2 Å². The molecular formula is C30H42N8+2. The van der Waals surface area contributed by atoms with E-state index in [1.807, 2.05) is 9.36 Å². The maximum Gasteiger partial charge on any atom is 0.169 e. The molecular weight excluding hydrogens is 472 g/mol. The van der Waals surface area contributed by atoms with Gasteiger partial charge in [-0.2, -0.15) is 0 Å². The van der Waals surface area contributed by atoms with Crippen LogP contribution < -0.4 is 9.13 Å². The van der Waals surface area contributed by atoms with Gasteiger partial charge >= 0.3 is 0 Å². The van der Waals surface area contributed by atoms with Gasteiger partial charge in [0, 0.05) is 49.7 Å². The Bertz CT molecular complexity index is 1130. The highest BCUT2D eigenvalue weighted by Crippen LogP contribution is 2.16. The molecule has 7 rings (SSSR count). The van der Waals surface area contributed by atoms with Gasteiger partial charge < -0.3 is 0 Å². The first-order valence-electron chi connectivity index (χ1n) is 14.6. The zero-order valence-electron chi connectivity index (χ0n) is 22.7. The average Bonchev–Trinajstić information content (AvgIpc) is 3.61. The smallest absolute Gasteiger partial charge is 0.169 e. The lowest BCUT2D eigenvalue weighted by Gasteiger charge is -2.03. The molecule has 8 nitrogen and oxygen atoms in total. The van der Waals surface area contributed by atoms with E-state index in [0.717, 1.165) is 50.4 Å².